The van der Waals surface area contributed by atoms with Crippen LogP contribution in [0.5, 0.6) is 0 Å². The largest absolute Gasteiger partial charge is 0.394 e. The number of sulfonamides is 1. The van der Waals surface area contributed by atoms with Crippen LogP contribution in [0.25, 0.3) is 0 Å². The van der Waals surface area contributed by atoms with Gasteiger partial charge < -0.3 is 11.1 Å². The molecule has 1 aromatic heterocycles. The fourth-order valence-corrected chi connectivity index (χ4v) is 2.09. The first-order valence-corrected chi connectivity index (χ1v) is 6.79. The van der Waals surface area contributed by atoms with Gasteiger partial charge in [0.25, 0.3) is 0 Å². The first-order chi connectivity index (χ1) is 7.75. The van der Waals surface area contributed by atoms with Gasteiger partial charge in [-0.3, -0.25) is 4.68 Å². The Labute approximate surface area is 102 Å². The van der Waals surface area contributed by atoms with Gasteiger partial charge in [-0.15, -0.1) is 0 Å². The van der Waals surface area contributed by atoms with Crippen molar-refractivity contribution in [2.45, 2.75) is 6.92 Å². The van der Waals surface area contributed by atoms with Crippen LogP contribution in [0.2, 0.25) is 0 Å². The first kappa shape index (κ1) is 13.8. The fraction of sp³-hybridized carbons (Fsp3) is 0.667. The molecule has 0 atom stereocenters. The predicted molar refractivity (Wildman–Crippen MR) is 68.3 cm³/mol. The highest BCUT2D eigenvalue weighted by atomic mass is 32.2. The zero-order valence-corrected chi connectivity index (χ0v) is 11.4. The fourth-order valence-electron chi connectivity index (χ4n) is 1.37. The van der Waals surface area contributed by atoms with Crippen molar-refractivity contribution in [2.24, 2.45) is 7.05 Å². The van der Waals surface area contributed by atoms with E-state index in [4.69, 9.17) is 5.73 Å². The molecule has 0 saturated heterocycles. The first-order valence-electron chi connectivity index (χ1n) is 5.19. The zero-order chi connectivity index (χ0) is 13.2. The lowest BCUT2D eigenvalue weighted by Crippen LogP contribution is -2.28. The summed E-state index contributed by atoms with van der Waals surface area (Å²) < 4.78 is 25.9. The molecule has 0 bridgehead atoms. The SMILES string of the molecule is Cc1nn(C)c(NCCS(=O)(=O)N(C)C)c1N. The molecule has 0 aliphatic carbocycles. The summed E-state index contributed by atoms with van der Waals surface area (Å²) in [4.78, 5) is 0. The van der Waals surface area contributed by atoms with Crippen LogP contribution in [-0.2, 0) is 17.1 Å². The summed E-state index contributed by atoms with van der Waals surface area (Å²) in [6.45, 7) is 2.10. The number of hydrogen-bond donors (Lipinski definition) is 2. The number of aryl methyl sites for hydroxylation is 2. The minimum Gasteiger partial charge on any atom is -0.394 e. The molecule has 1 aromatic rings. The van der Waals surface area contributed by atoms with E-state index in [0.29, 0.717) is 18.1 Å². The van der Waals surface area contributed by atoms with Gasteiger partial charge in [0.05, 0.1) is 17.1 Å². The van der Waals surface area contributed by atoms with Crippen molar-refractivity contribution in [3.63, 3.8) is 0 Å². The molecule has 0 amide bonds. The summed E-state index contributed by atoms with van der Waals surface area (Å²) in [6, 6.07) is 0. The molecule has 0 saturated carbocycles. The van der Waals surface area contributed by atoms with E-state index < -0.39 is 10.0 Å². The Morgan fingerprint density at radius 1 is 1.47 bits per heavy atom. The lowest BCUT2D eigenvalue weighted by molar-refractivity contribution is 0.521. The quantitative estimate of drug-likeness (QED) is 0.753. The number of anilines is 2. The maximum Gasteiger partial charge on any atom is 0.215 e. The third-order valence-electron chi connectivity index (χ3n) is 2.48. The highest BCUT2D eigenvalue weighted by Crippen LogP contribution is 2.20. The smallest absolute Gasteiger partial charge is 0.215 e. The Morgan fingerprint density at radius 2 is 2.06 bits per heavy atom. The van der Waals surface area contributed by atoms with Crippen LogP contribution in [0.1, 0.15) is 5.69 Å². The van der Waals surface area contributed by atoms with Crippen LogP contribution in [-0.4, -0.2) is 48.9 Å². The normalized spacial score (nSPS) is 12.1. The topological polar surface area (TPSA) is 93.2 Å². The Kier molecular flexibility index (Phi) is 3.99. The van der Waals surface area contributed by atoms with Crippen LogP contribution < -0.4 is 11.1 Å². The summed E-state index contributed by atoms with van der Waals surface area (Å²) in [5, 5.41) is 7.11. The highest BCUT2D eigenvalue weighted by Gasteiger charge is 2.14. The van der Waals surface area contributed by atoms with Crippen LogP contribution >= 0.6 is 0 Å². The summed E-state index contributed by atoms with van der Waals surface area (Å²) in [5.41, 5.74) is 7.09. The Hall–Kier alpha value is -1.28. The van der Waals surface area contributed by atoms with E-state index in [1.165, 1.54) is 18.4 Å². The molecule has 8 heteroatoms. The molecule has 0 aliphatic rings. The van der Waals surface area contributed by atoms with Crippen molar-refractivity contribution < 1.29 is 8.42 Å². The molecule has 0 fully saturated rings. The summed E-state index contributed by atoms with van der Waals surface area (Å²) in [6.07, 6.45) is 0. The molecule has 98 valence electrons. The molecule has 0 radical (unpaired) electrons. The van der Waals surface area contributed by atoms with E-state index in [1.807, 2.05) is 0 Å². The Bertz CT molecular complexity index is 492. The van der Waals surface area contributed by atoms with Crippen molar-refractivity contribution in [3.05, 3.63) is 5.69 Å². The van der Waals surface area contributed by atoms with Gasteiger partial charge in [0.2, 0.25) is 10.0 Å². The van der Waals surface area contributed by atoms with E-state index in [-0.39, 0.29) is 5.75 Å². The number of rotatable bonds is 5. The molecule has 1 heterocycles. The number of nitrogens with two attached hydrogens (primary N) is 1. The third kappa shape index (κ3) is 3.10. The van der Waals surface area contributed by atoms with Crippen LogP contribution in [0, 0.1) is 6.92 Å². The van der Waals surface area contributed by atoms with Gasteiger partial charge >= 0.3 is 0 Å². The zero-order valence-electron chi connectivity index (χ0n) is 10.6. The van der Waals surface area contributed by atoms with Gasteiger partial charge in [0, 0.05) is 27.7 Å². The average molecular weight is 261 g/mol. The number of hydrogen-bond acceptors (Lipinski definition) is 5. The number of nitrogens with zero attached hydrogens (tertiary/aromatic N) is 3. The molecule has 0 unspecified atom stereocenters. The minimum absolute atomic E-state index is 0.0175. The van der Waals surface area contributed by atoms with E-state index in [2.05, 4.69) is 10.4 Å². The van der Waals surface area contributed by atoms with Gasteiger partial charge in [-0.05, 0) is 6.92 Å². The molecule has 17 heavy (non-hydrogen) atoms. The van der Waals surface area contributed by atoms with E-state index in [9.17, 15) is 8.42 Å². The molecular weight excluding hydrogens is 242 g/mol. The van der Waals surface area contributed by atoms with Gasteiger partial charge in [0.1, 0.15) is 5.82 Å². The second-order valence-corrected chi connectivity index (χ2v) is 6.30. The van der Waals surface area contributed by atoms with Crippen molar-refractivity contribution in [1.29, 1.82) is 0 Å². The summed E-state index contributed by atoms with van der Waals surface area (Å²) in [5.74, 6) is 0.667. The van der Waals surface area contributed by atoms with Crippen LogP contribution in [0.3, 0.4) is 0 Å². The van der Waals surface area contributed by atoms with Crippen LogP contribution in [0.15, 0.2) is 0 Å². The lowest BCUT2D eigenvalue weighted by Gasteiger charge is -2.12. The monoisotopic (exact) mass is 261 g/mol. The third-order valence-corrected chi connectivity index (χ3v) is 4.31. The highest BCUT2D eigenvalue weighted by molar-refractivity contribution is 7.89. The number of nitrogen functional groups attached to an aromatic ring is 1. The maximum atomic E-state index is 11.5. The minimum atomic E-state index is -3.19. The van der Waals surface area contributed by atoms with Crippen molar-refractivity contribution in [1.82, 2.24) is 14.1 Å². The molecule has 1 rings (SSSR count). The van der Waals surface area contributed by atoms with E-state index in [1.54, 1.807) is 18.7 Å². The second kappa shape index (κ2) is 4.92. The van der Waals surface area contributed by atoms with Gasteiger partial charge in [-0.1, -0.05) is 0 Å². The second-order valence-electron chi connectivity index (χ2n) is 4.00. The van der Waals surface area contributed by atoms with Gasteiger partial charge in [-0.25, -0.2) is 12.7 Å². The van der Waals surface area contributed by atoms with Crippen molar-refractivity contribution in [2.75, 3.05) is 37.4 Å². The molecule has 7 nitrogen and oxygen atoms in total. The summed E-state index contributed by atoms with van der Waals surface area (Å²) in [7, 11) is 1.59. The van der Waals surface area contributed by atoms with Crippen molar-refractivity contribution in [3.8, 4) is 0 Å². The lowest BCUT2D eigenvalue weighted by atomic mass is 10.4. The standard InChI is InChI=1S/C9H19N5O2S/c1-7-8(10)9(14(4)12-7)11-5-6-17(15,16)13(2)3/h11H,5-6,10H2,1-4H3. The Balaban J connectivity index is 2.64. The number of aromatic nitrogens is 2. The molecule has 0 aromatic carbocycles. The molecular formula is C9H19N5O2S. The van der Waals surface area contributed by atoms with E-state index >= 15 is 0 Å². The molecule has 0 aliphatic heterocycles. The summed E-state index contributed by atoms with van der Waals surface area (Å²) >= 11 is 0. The van der Waals surface area contributed by atoms with Gasteiger partial charge in [0.15, 0.2) is 0 Å². The van der Waals surface area contributed by atoms with E-state index in [0.717, 1.165) is 5.69 Å². The Morgan fingerprint density at radius 3 is 2.47 bits per heavy atom. The number of nitrogens with one attached hydrogen (secondary N) is 1. The van der Waals surface area contributed by atoms with Crippen molar-refractivity contribution >= 4 is 21.5 Å². The van der Waals surface area contributed by atoms with Crippen LogP contribution in [0.4, 0.5) is 11.5 Å². The average Bonchev–Trinajstić information content (AvgIpc) is 2.44. The van der Waals surface area contributed by atoms with Gasteiger partial charge in [-0.2, -0.15) is 5.10 Å². The molecule has 0 spiro atoms. The maximum absolute atomic E-state index is 11.5. The predicted octanol–water partition coefficient (Wildman–Crippen LogP) is -0.386. The molecule has 3 N–H and O–H groups in total.